The molecule has 3 rings (SSSR count). The topological polar surface area (TPSA) is 86.8 Å². The maximum absolute atomic E-state index is 14.1. The number of hydrogen-bond acceptors (Lipinski definition) is 4. The Labute approximate surface area is 254 Å². The molecule has 7 nitrogen and oxygen atoms in total. The Balaban J connectivity index is 2.06. The lowest BCUT2D eigenvalue weighted by Gasteiger charge is -2.33. The summed E-state index contributed by atoms with van der Waals surface area (Å²) in [4.78, 5) is 29.2. The number of hydrogen-bond donors (Lipinski definition) is 1. The number of carbonyl (C=O) groups excluding carboxylic acids is 2. The van der Waals surface area contributed by atoms with Crippen molar-refractivity contribution < 1.29 is 18.0 Å². The summed E-state index contributed by atoms with van der Waals surface area (Å²) in [7, 11) is -3.82. The van der Waals surface area contributed by atoms with Crippen LogP contribution in [-0.4, -0.2) is 50.5 Å². The van der Waals surface area contributed by atoms with Crippen molar-refractivity contribution in [2.24, 2.45) is 5.92 Å². The third-order valence-electron chi connectivity index (χ3n) is 6.31. The van der Waals surface area contributed by atoms with E-state index in [4.69, 9.17) is 0 Å². The Kier molecular flexibility index (Phi) is 11.4. The van der Waals surface area contributed by atoms with E-state index >= 15 is 0 Å². The molecule has 0 heterocycles. The van der Waals surface area contributed by atoms with Gasteiger partial charge in [0.1, 0.15) is 12.6 Å². The molecule has 1 atom stereocenters. The molecule has 0 aliphatic rings. The molecule has 0 aromatic heterocycles. The summed E-state index contributed by atoms with van der Waals surface area (Å²) in [5.74, 6) is -0.546. The van der Waals surface area contributed by atoms with E-state index in [-0.39, 0.29) is 24.8 Å². The summed E-state index contributed by atoms with van der Waals surface area (Å²) >= 11 is 6.93. The number of nitrogens with zero attached hydrogens (tertiary/aromatic N) is 2. The highest BCUT2D eigenvalue weighted by molar-refractivity contribution is 9.10. The van der Waals surface area contributed by atoms with Crippen LogP contribution in [0.2, 0.25) is 0 Å². The monoisotopic (exact) mass is 691 g/mol. The third-order valence-corrected chi connectivity index (χ3v) is 8.83. The lowest BCUT2D eigenvalue weighted by Crippen LogP contribution is -2.53. The van der Waals surface area contributed by atoms with E-state index in [1.165, 1.54) is 4.90 Å². The Morgan fingerprint density at radius 3 is 2.20 bits per heavy atom. The number of aryl methyl sites for hydroxylation is 1. The number of anilines is 1. The number of carbonyl (C=O) groups is 2. The van der Waals surface area contributed by atoms with Gasteiger partial charge in [-0.3, -0.25) is 13.9 Å². The first-order valence-electron chi connectivity index (χ1n) is 12.9. The molecular weight excluding hydrogens is 658 g/mol. The first-order valence-corrected chi connectivity index (χ1v) is 16.4. The molecule has 0 saturated carbocycles. The Morgan fingerprint density at radius 2 is 1.60 bits per heavy atom. The fraction of sp³-hybridized carbons (Fsp3) is 0.333. The maximum Gasteiger partial charge on any atom is 0.244 e. The Bertz CT molecular complexity index is 1430. The van der Waals surface area contributed by atoms with Crippen molar-refractivity contribution >= 4 is 59.4 Å². The first-order chi connectivity index (χ1) is 18.8. The van der Waals surface area contributed by atoms with E-state index in [9.17, 15) is 18.0 Å². The number of amides is 2. The van der Waals surface area contributed by atoms with Gasteiger partial charge in [-0.2, -0.15) is 0 Å². The minimum atomic E-state index is -3.82. The van der Waals surface area contributed by atoms with Crippen molar-refractivity contribution in [2.45, 2.75) is 39.8 Å². The predicted octanol–water partition coefficient (Wildman–Crippen LogP) is 5.70. The molecule has 0 bridgehead atoms. The second kappa shape index (κ2) is 14.3. The van der Waals surface area contributed by atoms with Crippen molar-refractivity contribution in [1.29, 1.82) is 0 Å². The second-order valence-electron chi connectivity index (χ2n) is 10.2. The summed E-state index contributed by atoms with van der Waals surface area (Å²) in [6.07, 6.45) is 1.36. The van der Waals surface area contributed by atoms with Crippen LogP contribution in [0.4, 0.5) is 5.69 Å². The molecule has 1 N–H and O–H groups in total. The highest BCUT2D eigenvalue weighted by Gasteiger charge is 2.33. The van der Waals surface area contributed by atoms with Crippen LogP contribution >= 0.6 is 31.9 Å². The van der Waals surface area contributed by atoms with E-state index in [1.54, 1.807) is 18.2 Å². The standard InChI is InChI=1S/C30H35Br2N3O4S/c1-21(2)18-33-30(37)28(17-23-9-6-5-7-10-23)34(19-24-11-8-12-25(31)16-24)29(36)20-35(40(4,38)39)26-13-14-27(32)22(3)15-26/h5-16,21,28H,17-20H2,1-4H3,(H,33,37)/t28-/m0/s1. The molecule has 3 aromatic carbocycles. The van der Waals surface area contributed by atoms with Gasteiger partial charge >= 0.3 is 0 Å². The molecule has 0 fully saturated rings. The van der Waals surface area contributed by atoms with Gasteiger partial charge in [0.25, 0.3) is 0 Å². The molecular formula is C30H35Br2N3O4S. The van der Waals surface area contributed by atoms with Crippen LogP contribution in [0.1, 0.15) is 30.5 Å². The SMILES string of the molecule is Cc1cc(N(CC(=O)N(Cc2cccc(Br)c2)[C@@H](Cc2ccccc2)C(=O)NCC(C)C)S(C)(=O)=O)ccc1Br. The molecule has 0 aliphatic heterocycles. The van der Waals surface area contributed by atoms with Crippen molar-refractivity contribution in [3.8, 4) is 0 Å². The van der Waals surface area contributed by atoms with Gasteiger partial charge in [-0.15, -0.1) is 0 Å². The van der Waals surface area contributed by atoms with Gasteiger partial charge in [0, 0.05) is 28.5 Å². The van der Waals surface area contributed by atoms with Crippen molar-refractivity contribution in [2.75, 3.05) is 23.7 Å². The van der Waals surface area contributed by atoms with Gasteiger partial charge in [0.2, 0.25) is 21.8 Å². The number of halogens is 2. The van der Waals surface area contributed by atoms with Crippen LogP contribution in [0.25, 0.3) is 0 Å². The molecule has 214 valence electrons. The van der Waals surface area contributed by atoms with Crippen LogP contribution in [0.15, 0.2) is 81.7 Å². The van der Waals surface area contributed by atoms with Gasteiger partial charge in [-0.25, -0.2) is 8.42 Å². The quantitative estimate of drug-likeness (QED) is 0.264. The van der Waals surface area contributed by atoms with E-state index in [0.29, 0.717) is 12.2 Å². The van der Waals surface area contributed by atoms with Crippen LogP contribution in [0.3, 0.4) is 0 Å². The summed E-state index contributed by atoms with van der Waals surface area (Å²) in [6, 6.07) is 21.3. The molecule has 0 saturated heterocycles. The second-order valence-corrected chi connectivity index (χ2v) is 13.9. The van der Waals surface area contributed by atoms with Gasteiger partial charge in [0.05, 0.1) is 11.9 Å². The summed E-state index contributed by atoms with van der Waals surface area (Å²) in [5, 5.41) is 2.98. The van der Waals surface area contributed by atoms with E-state index < -0.39 is 28.5 Å². The van der Waals surface area contributed by atoms with Crippen molar-refractivity contribution in [1.82, 2.24) is 10.2 Å². The summed E-state index contributed by atoms with van der Waals surface area (Å²) in [5.41, 5.74) is 2.91. The highest BCUT2D eigenvalue weighted by atomic mass is 79.9. The van der Waals surface area contributed by atoms with E-state index in [1.807, 2.05) is 75.4 Å². The zero-order chi connectivity index (χ0) is 29.4. The van der Waals surface area contributed by atoms with Gasteiger partial charge in [-0.05, 0) is 59.9 Å². The maximum atomic E-state index is 14.1. The van der Waals surface area contributed by atoms with Gasteiger partial charge < -0.3 is 10.2 Å². The average molecular weight is 694 g/mol. The van der Waals surface area contributed by atoms with Gasteiger partial charge in [-0.1, -0.05) is 88.2 Å². The van der Waals surface area contributed by atoms with E-state index in [0.717, 1.165) is 36.2 Å². The number of benzene rings is 3. The summed E-state index contributed by atoms with van der Waals surface area (Å²) < 4.78 is 28.6. The number of nitrogens with one attached hydrogen (secondary N) is 1. The minimum absolute atomic E-state index is 0.127. The molecule has 10 heteroatoms. The first kappa shape index (κ1) is 31.8. The smallest absolute Gasteiger partial charge is 0.244 e. The zero-order valence-corrected chi connectivity index (χ0v) is 27.1. The molecule has 0 radical (unpaired) electrons. The molecule has 0 aliphatic carbocycles. The normalized spacial score (nSPS) is 12.2. The third kappa shape index (κ3) is 9.17. The predicted molar refractivity (Wildman–Crippen MR) is 168 cm³/mol. The van der Waals surface area contributed by atoms with Crippen LogP contribution in [0, 0.1) is 12.8 Å². The van der Waals surface area contributed by atoms with Gasteiger partial charge in [0.15, 0.2) is 0 Å². The Morgan fingerprint density at radius 1 is 0.925 bits per heavy atom. The highest BCUT2D eigenvalue weighted by Crippen LogP contribution is 2.26. The molecule has 0 unspecified atom stereocenters. The Hall–Kier alpha value is -2.69. The van der Waals surface area contributed by atoms with Crippen molar-refractivity contribution in [3.63, 3.8) is 0 Å². The average Bonchev–Trinajstić information content (AvgIpc) is 2.89. The molecule has 2 amide bonds. The van der Waals surface area contributed by atoms with Crippen LogP contribution in [0.5, 0.6) is 0 Å². The lowest BCUT2D eigenvalue weighted by molar-refractivity contribution is -0.140. The molecule has 3 aromatic rings. The van der Waals surface area contributed by atoms with Crippen LogP contribution in [-0.2, 0) is 32.6 Å². The fourth-order valence-corrected chi connectivity index (χ4v) is 5.74. The van der Waals surface area contributed by atoms with E-state index in [2.05, 4.69) is 37.2 Å². The van der Waals surface area contributed by atoms with Crippen LogP contribution < -0.4 is 9.62 Å². The van der Waals surface area contributed by atoms with Crippen molar-refractivity contribution in [3.05, 3.63) is 98.4 Å². The minimum Gasteiger partial charge on any atom is -0.354 e. The lowest BCUT2D eigenvalue weighted by atomic mass is 10.0. The molecule has 0 spiro atoms. The fourth-order valence-electron chi connectivity index (χ4n) is 4.21. The summed E-state index contributed by atoms with van der Waals surface area (Å²) in [6.45, 7) is 5.99. The largest absolute Gasteiger partial charge is 0.354 e. The number of rotatable bonds is 12. The number of sulfonamides is 1. The molecule has 40 heavy (non-hydrogen) atoms. The zero-order valence-electron chi connectivity index (χ0n) is 23.1.